The molecule has 0 amide bonds. The first-order valence-electron chi connectivity index (χ1n) is 2.92. The summed E-state index contributed by atoms with van der Waals surface area (Å²) >= 11 is 2.01. The Morgan fingerprint density at radius 2 is 2.10 bits per heavy atom. The number of rotatable bonds is 1. The van der Waals surface area contributed by atoms with Gasteiger partial charge in [-0.05, 0) is 22.5 Å². The molecule has 0 radical (unpaired) electrons. The Hall–Kier alpha value is 0.230. The van der Waals surface area contributed by atoms with Gasteiger partial charge in [0.05, 0.1) is 0 Å². The molecule has 0 aliphatic carbocycles. The number of nitrogens with one attached hydrogen (secondary N) is 1. The highest BCUT2D eigenvalue weighted by molar-refractivity contribution is 9.10. The van der Waals surface area contributed by atoms with Crippen LogP contribution in [-0.4, -0.2) is 23.6 Å². The van der Waals surface area contributed by atoms with Crippen LogP contribution in [0.25, 0.3) is 0 Å². The second kappa shape index (κ2) is 2.37. The summed E-state index contributed by atoms with van der Waals surface area (Å²) in [6.45, 7) is 0.0446. The summed E-state index contributed by atoms with van der Waals surface area (Å²) in [5.74, 6) is 0. The molecule has 10 heavy (non-hydrogen) atoms. The van der Waals surface area contributed by atoms with Crippen molar-refractivity contribution in [3.63, 3.8) is 0 Å². The number of alkyl halides is 4. The van der Waals surface area contributed by atoms with E-state index < -0.39 is 10.5 Å². The van der Waals surface area contributed by atoms with Gasteiger partial charge >= 0.3 is 4.83 Å². The molecule has 1 rings (SSSR count). The molecule has 1 N–H and O–H groups in total. The van der Waals surface area contributed by atoms with Crippen molar-refractivity contribution in [2.75, 3.05) is 13.1 Å². The van der Waals surface area contributed by atoms with Crippen molar-refractivity contribution in [3.8, 4) is 0 Å². The highest BCUT2D eigenvalue weighted by Crippen LogP contribution is 2.41. The fourth-order valence-corrected chi connectivity index (χ4v) is 1.24. The summed E-state index contributed by atoms with van der Waals surface area (Å²) in [6.07, 6.45) is -0.134. The van der Waals surface area contributed by atoms with E-state index in [2.05, 4.69) is 5.32 Å². The lowest BCUT2D eigenvalue weighted by atomic mass is 10.1. The van der Waals surface area contributed by atoms with Crippen molar-refractivity contribution < 1.29 is 13.2 Å². The average Bonchev–Trinajstić information content (AvgIpc) is 2.13. The smallest absolute Gasteiger partial charge is 0.313 e. The van der Waals surface area contributed by atoms with Crippen LogP contribution < -0.4 is 5.32 Å². The molecular formula is C5H7BrF3N. The Bertz CT molecular complexity index is 127. The number of hydrogen-bond acceptors (Lipinski definition) is 1. The first-order valence-corrected chi connectivity index (χ1v) is 3.71. The summed E-state index contributed by atoms with van der Waals surface area (Å²) in [5, 5.41) is 2.53. The predicted octanol–water partition coefficient (Wildman–Crippen LogP) is 1.68. The third-order valence-electron chi connectivity index (χ3n) is 1.61. The average molecular weight is 218 g/mol. The SMILES string of the molecule is FC(F)(Br)C1(F)CCNC1. The van der Waals surface area contributed by atoms with Crippen molar-refractivity contribution in [2.45, 2.75) is 16.9 Å². The first-order chi connectivity index (χ1) is 4.46. The summed E-state index contributed by atoms with van der Waals surface area (Å²) in [4.78, 5) is -3.40. The lowest BCUT2D eigenvalue weighted by Crippen LogP contribution is -2.41. The van der Waals surface area contributed by atoms with E-state index in [9.17, 15) is 13.2 Å². The molecule has 1 heterocycles. The topological polar surface area (TPSA) is 12.0 Å². The zero-order valence-corrected chi connectivity index (χ0v) is 6.72. The Kier molecular flexibility index (Phi) is 1.98. The molecule has 0 bridgehead atoms. The van der Waals surface area contributed by atoms with Crippen LogP contribution >= 0.6 is 15.9 Å². The van der Waals surface area contributed by atoms with E-state index in [-0.39, 0.29) is 13.0 Å². The molecule has 5 heteroatoms. The van der Waals surface area contributed by atoms with E-state index in [0.717, 1.165) is 0 Å². The highest BCUT2D eigenvalue weighted by atomic mass is 79.9. The normalized spacial score (nSPS) is 34.8. The molecule has 0 aromatic rings. The molecule has 1 atom stereocenters. The van der Waals surface area contributed by atoms with Gasteiger partial charge in [0.1, 0.15) is 0 Å². The van der Waals surface area contributed by atoms with Crippen LogP contribution in [0, 0.1) is 0 Å². The Morgan fingerprint density at radius 1 is 1.50 bits per heavy atom. The quantitative estimate of drug-likeness (QED) is 0.660. The van der Waals surface area contributed by atoms with Crippen molar-refractivity contribution >= 4 is 15.9 Å². The van der Waals surface area contributed by atoms with Crippen molar-refractivity contribution in [3.05, 3.63) is 0 Å². The van der Waals surface area contributed by atoms with Gasteiger partial charge in [-0.1, -0.05) is 0 Å². The van der Waals surface area contributed by atoms with Crippen LogP contribution in [-0.2, 0) is 0 Å². The lowest BCUT2D eigenvalue weighted by Gasteiger charge is -2.23. The van der Waals surface area contributed by atoms with Crippen LogP contribution in [0.2, 0.25) is 0 Å². The standard InChI is InChI=1S/C5H7BrF3N/c6-5(8,9)4(7)1-2-10-3-4/h10H,1-3H2. The molecule has 0 aromatic heterocycles. The van der Waals surface area contributed by atoms with Crippen molar-refractivity contribution in [1.82, 2.24) is 5.32 Å². The van der Waals surface area contributed by atoms with Gasteiger partial charge < -0.3 is 5.32 Å². The molecule has 1 fully saturated rings. The summed E-state index contributed by atoms with van der Waals surface area (Å²) in [7, 11) is 0. The third-order valence-corrected chi connectivity index (χ3v) is 2.32. The van der Waals surface area contributed by atoms with Gasteiger partial charge in [-0.15, -0.1) is 0 Å². The summed E-state index contributed by atoms with van der Waals surface area (Å²) in [6, 6.07) is 0. The van der Waals surface area contributed by atoms with Crippen LogP contribution in [0.3, 0.4) is 0 Å². The Balaban J connectivity index is 2.67. The van der Waals surface area contributed by atoms with Gasteiger partial charge in [-0.25, -0.2) is 4.39 Å². The van der Waals surface area contributed by atoms with Gasteiger partial charge in [0.2, 0.25) is 0 Å². The molecule has 1 unspecified atom stereocenters. The monoisotopic (exact) mass is 217 g/mol. The van der Waals surface area contributed by atoms with Crippen molar-refractivity contribution in [1.29, 1.82) is 0 Å². The van der Waals surface area contributed by atoms with E-state index >= 15 is 0 Å². The molecule has 1 aliphatic rings. The van der Waals surface area contributed by atoms with Gasteiger partial charge in [0.15, 0.2) is 5.67 Å². The lowest BCUT2D eigenvalue weighted by molar-refractivity contribution is -0.0453. The fraction of sp³-hybridized carbons (Fsp3) is 1.00. The fourth-order valence-electron chi connectivity index (χ4n) is 0.903. The second-order valence-corrected chi connectivity index (χ2v) is 3.39. The largest absolute Gasteiger partial charge is 0.335 e. The number of halogens is 4. The van der Waals surface area contributed by atoms with E-state index in [0.29, 0.717) is 6.54 Å². The van der Waals surface area contributed by atoms with E-state index in [4.69, 9.17) is 0 Å². The molecule has 1 nitrogen and oxygen atoms in total. The van der Waals surface area contributed by atoms with Gasteiger partial charge in [0, 0.05) is 13.0 Å². The van der Waals surface area contributed by atoms with Gasteiger partial charge in [-0.3, -0.25) is 0 Å². The highest BCUT2D eigenvalue weighted by Gasteiger charge is 2.54. The molecule has 0 aromatic carbocycles. The van der Waals surface area contributed by atoms with Crippen molar-refractivity contribution in [2.24, 2.45) is 0 Å². The molecule has 1 saturated heterocycles. The van der Waals surface area contributed by atoms with E-state index in [1.54, 1.807) is 0 Å². The maximum absolute atomic E-state index is 13.0. The zero-order valence-electron chi connectivity index (χ0n) is 5.13. The first kappa shape index (κ1) is 8.33. The van der Waals surface area contributed by atoms with Crippen LogP contribution in [0.15, 0.2) is 0 Å². The second-order valence-electron chi connectivity index (χ2n) is 2.39. The van der Waals surface area contributed by atoms with Crippen LogP contribution in [0.5, 0.6) is 0 Å². The molecular weight excluding hydrogens is 211 g/mol. The van der Waals surface area contributed by atoms with Crippen LogP contribution in [0.1, 0.15) is 6.42 Å². The van der Waals surface area contributed by atoms with E-state index in [1.165, 1.54) is 0 Å². The van der Waals surface area contributed by atoms with Gasteiger partial charge in [0.25, 0.3) is 0 Å². The maximum atomic E-state index is 13.0. The molecule has 0 spiro atoms. The number of hydrogen-bond donors (Lipinski definition) is 1. The third kappa shape index (κ3) is 1.29. The zero-order chi connectivity index (χ0) is 7.83. The minimum atomic E-state index is -3.40. The Morgan fingerprint density at radius 3 is 2.30 bits per heavy atom. The van der Waals surface area contributed by atoms with E-state index in [1.807, 2.05) is 15.9 Å². The molecule has 0 saturated carbocycles. The Labute approximate surface area is 65.1 Å². The predicted molar refractivity (Wildman–Crippen MR) is 35.2 cm³/mol. The minimum absolute atomic E-state index is 0.134. The van der Waals surface area contributed by atoms with Gasteiger partial charge in [-0.2, -0.15) is 8.78 Å². The summed E-state index contributed by atoms with van der Waals surface area (Å²) in [5.41, 5.74) is -2.40. The minimum Gasteiger partial charge on any atom is -0.313 e. The molecule has 1 aliphatic heterocycles. The maximum Gasteiger partial charge on any atom is 0.335 e. The summed E-state index contributed by atoms with van der Waals surface area (Å²) < 4.78 is 37.6. The van der Waals surface area contributed by atoms with Crippen LogP contribution in [0.4, 0.5) is 13.2 Å². The molecule has 60 valence electrons.